The standard InChI is InChI=1S/C14H9ClN2S/c15-11-6-7-12-13(8-11)18-14(17-12)16-9-10-4-2-1-3-5-10/h1-9H. The summed E-state index contributed by atoms with van der Waals surface area (Å²) < 4.78 is 1.06. The van der Waals surface area contributed by atoms with Crippen molar-refractivity contribution >= 4 is 44.5 Å². The van der Waals surface area contributed by atoms with E-state index in [1.807, 2.05) is 54.7 Å². The Morgan fingerprint density at radius 1 is 1.11 bits per heavy atom. The third-order valence-electron chi connectivity index (χ3n) is 2.46. The highest BCUT2D eigenvalue weighted by molar-refractivity contribution is 7.22. The lowest BCUT2D eigenvalue weighted by Crippen LogP contribution is -1.77. The minimum atomic E-state index is 0.727. The van der Waals surface area contributed by atoms with Crippen molar-refractivity contribution in [3.05, 3.63) is 59.1 Å². The second kappa shape index (κ2) is 4.88. The van der Waals surface area contributed by atoms with Crippen molar-refractivity contribution in [2.75, 3.05) is 0 Å². The van der Waals surface area contributed by atoms with Crippen LogP contribution in [0.1, 0.15) is 5.56 Å². The number of fused-ring (bicyclic) bond motifs is 1. The highest BCUT2D eigenvalue weighted by atomic mass is 35.5. The van der Waals surface area contributed by atoms with Crippen LogP contribution in [-0.4, -0.2) is 11.2 Å². The van der Waals surface area contributed by atoms with E-state index in [9.17, 15) is 0 Å². The number of hydrogen-bond donors (Lipinski definition) is 0. The van der Waals surface area contributed by atoms with Gasteiger partial charge in [0.1, 0.15) is 0 Å². The molecule has 88 valence electrons. The molecule has 0 fully saturated rings. The number of thiazole rings is 1. The predicted octanol–water partition coefficient (Wildman–Crippen LogP) is 4.70. The molecule has 18 heavy (non-hydrogen) atoms. The van der Waals surface area contributed by atoms with Crippen molar-refractivity contribution in [1.29, 1.82) is 0 Å². The number of hydrogen-bond acceptors (Lipinski definition) is 3. The Balaban J connectivity index is 1.93. The van der Waals surface area contributed by atoms with Gasteiger partial charge in [0.2, 0.25) is 5.13 Å². The van der Waals surface area contributed by atoms with Crippen molar-refractivity contribution in [2.45, 2.75) is 0 Å². The van der Waals surface area contributed by atoms with Gasteiger partial charge in [-0.1, -0.05) is 53.3 Å². The van der Waals surface area contributed by atoms with Gasteiger partial charge in [0.15, 0.2) is 0 Å². The van der Waals surface area contributed by atoms with Crippen LogP contribution in [0, 0.1) is 0 Å². The first-order valence-corrected chi connectivity index (χ1v) is 6.66. The van der Waals surface area contributed by atoms with Gasteiger partial charge >= 0.3 is 0 Å². The molecule has 3 aromatic rings. The summed E-state index contributed by atoms with van der Waals surface area (Å²) in [6.07, 6.45) is 1.82. The van der Waals surface area contributed by atoms with E-state index in [4.69, 9.17) is 11.6 Å². The lowest BCUT2D eigenvalue weighted by Gasteiger charge is -1.88. The summed E-state index contributed by atoms with van der Waals surface area (Å²) in [4.78, 5) is 8.81. The van der Waals surface area contributed by atoms with Crippen LogP contribution in [0.15, 0.2) is 53.5 Å². The second-order valence-corrected chi connectivity index (χ2v) is 5.22. The van der Waals surface area contributed by atoms with E-state index in [1.54, 1.807) is 0 Å². The van der Waals surface area contributed by atoms with Crippen molar-refractivity contribution in [1.82, 2.24) is 4.98 Å². The fourth-order valence-corrected chi connectivity index (χ4v) is 2.70. The molecule has 0 atom stereocenters. The van der Waals surface area contributed by atoms with Crippen LogP contribution >= 0.6 is 22.9 Å². The monoisotopic (exact) mass is 272 g/mol. The summed E-state index contributed by atoms with van der Waals surface area (Å²) >= 11 is 7.48. The number of halogens is 1. The molecule has 0 radical (unpaired) electrons. The third-order valence-corrected chi connectivity index (χ3v) is 3.62. The number of rotatable bonds is 2. The molecule has 0 aliphatic heterocycles. The Morgan fingerprint density at radius 2 is 1.94 bits per heavy atom. The van der Waals surface area contributed by atoms with Crippen LogP contribution < -0.4 is 0 Å². The first kappa shape index (κ1) is 11.4. The first-order valence-electron chi connectivity index (χ1n) is 5.46. The Kier molecular flexibility index (Phi) is 3.09. The minimum absolute atomic E-state index is 0.727. The largest absolute Gasteiger partial charge is 0.227 e. The van der Waals surface area contributed by atoms with Gasteiger partial charge in [-0.3, -0.25) is 0 Å². The Hall–Kier alpha value is -1.71. The van der Waals surface area contributed by atoms with Gasteiger partial charge < -0.3 is 0 Å². The summed E-state index contributed by atoms with van der Waals surface area (Å²) in [5.41, 5.74) is 2.00. The van der Waals surface area contributed by atoms with Crippen molar-refractivity contribution < 1.29 is 0 Å². The van der Waals surface area contributed by atoms with Crippen LogP contribution in [0.2, 0.25) is 5.02 Å². The lowest BCUT2D eigenvalue weighted by atomic mass is 10.2. The van der Waals surface area contributed by atoms with Crippen molar-refractivity contribution in [2.24, 2.45) is 4.99 Å². The Labute approximate surface area is 114 Å². The van der Waals surface area contributed by atoms with Crippen LogP contribution in [0.3, 0.4) is 0 Å². The lowest BCUT2D eigenvalue weighted by molar-refractivity contribution is 1.41. The molecule has 0 aliphatic carbocycles. The van der Waals surface area contributed by atoms with Gasteiger partial charge in [0.05, 0.1) is 10.2 Å². The van der Waals surface area contributed by atoms with Crippen LogP contribution in [0.25, 0.3) is 10.2 Å². The molecule has 4 heteroatoms. The van der Waals surface area contributed by atoms with E-state index in [0.29, 0.717) is 0 Å². The molecule has 2 aromatic carbocycles. The number of aliphatic imine (C=N–C) groups is 1. The van der Waals surface area contributed by atoms with E-state index in [0.717, 1.165) is 25.9 Å². The predicted molar refractivity (Wildman–Crippen MR) is 78.3 cm³/mol. The van der Waals surface area contributed by atoms with E-state index in [2.05, 4.69) is 9.98 Å². The molecule has 3 rings (SSSR count). The van der Waals surface area contributed by atoms with E-state index >= 15 is 0 Å². The van der Waals surface area contributed by atoms with Crippen molar-refractivity contribution in [3.63, 3.8) is 0 Å². The smallest absolute Gasteiger partial charge is 0.210 e. The van der Waals surface area contributed by atoms with Crippen LogP contribution in [-0.2, 0) is 0 Å². The number of benzene rings is 2. The second-order valence-electron chi connectivity index (χ2n) is 3.78. The highest BCUT2D eigenvalue weighted by Crippen LogP contribution is 2.29. The fraction of sp³-hybridized carbons (Fsp3) is 0. The van der Waals surface area contributed by atoms with Crippen molar-refractivity contribution in [3.8, 4) is 0 Å². The summed E-state index contributed by atoms with van der Waals surface area (Å²) in [5, 5.41) is 1.47. The molecule has 0 N–H and O–H groups in total. The molecule has 0 amide bonds. The average molecular weight is 273 g/mol. The fourth-order valence-electron chi connectivity index (χ4n) is 1.61. The zero-order valence-electron chi connectivity index (χ0n) is 9.38. The SMILES string of the molecule is Clc1ccc2nc(N=Cc3ccccc3)sc2c1. The molecule has 0 bridgehead atoms. The van der Waals surface area contributed by atoms with Gasteiger partial charge in [0.25, 0.3) is 0 Å². The Morgan fingerprint density at radius 3 is 2.78 bits per heavy atom. The van der Waals surface area contributed by atoms with Crippen LogP contribution in [0.4, 0.5) is 5.13 Å². The quantitative estimate of drug-likeness (QED) is 0.621. The molecule has 1 aromatic heterocycles. The normalized spacial score (nSPS) is 11.4. The maximum atomic E-state index is 5.94. The molecule has 0 unspecified atom stereocenters. The van der Waals surface area contributed by atoms with Gasteiger partial charge in [-0.2, -0.15) is 0 Å². The van der Waals surface area contributed by atoms with Gasteiger partial charge in [-0.05, 0) is 23.8 Å². The first-order chi connectivity index (χ1) is 8.81. The number of aromatic nitrogens is 1. The molecule has 0 saturated heterocycles. The molecule has 0 saturated carbocycles. The zero-order chi connectivity index (χ0) is 12.4. The van der Waals surface area contributed by atoms with E-state index in [-0.39, 0.29) is 0 Å². The summed E-state index contributed by atoms with van der Waals surface area (Å²) in [6.45, 7) is 0. The van der Waals surface area contributed by atoms with Gasteiger partial charge in [0, 0.05) is 11.2 Å². The molecule has 2 nitrogen and oxygen atoms in total. The zero-order valence-corrected chi connectivity index (χ0v) is 10.9. The summed E-state index contributed by atoms with van der Waals surface area (Å²) in [5.74, 6) is 0. The van der Waals surface area contributed by atoms with E-state index in [1.165, 1.54) is 11.3 Å². The maximum absolute atomic E-state index is 5.94. The van der Waals surface area contributed by atoms with Gasteiger partial charge in [-0.15, -0.1) is 0 Å². The molecule has 1 heterocycles. The van der Waals surface area contributed by atoms with E-state index < -0.39 is 0 Å². The summed E-state index contributed by atoms with van der Waals surface area (Å²) in [6, 6.07) is 15.6. The maximum Gasteiger partial charge on any atom is 0.210 e. The molecule has 0 spiro atoms. The number of nitrogens with zero attached hydrogens (tertiary/aromatic N) is 2. The highest BCUT2D eigenvalue weighted by Gasteiger charge is 2.02. The van der Waals surface area contributed by atoms with Crippen LogP contribution in [0.5, 0.6) is 0 Å². The average Bonchev–Trinajstić information content (AvgIpc) is 2.79. The molecular weight excluding hydrogens is 264 g/mol. The third kappa shape index (κ3) is 2.42. The minimum Gasteiger partial charge on any atom is -0.227 e. The molecule has 0 aliphatic rings. The molecular formula is C14H9ClN2S. The summed E-state index contributed by atoms with van der Waals surface area (Å²) in [7, 11) is 0. The Bertz CT molecular complexity index is 704. The van der Waals surface area contributed by atoms with Gasteiger partial charge in [-0.25, -0.2) is 9.98 Å². The topological polar surface area (TPSA) is 25.2 Å².